The summed E-state index contributed by atoms with van der Waals surface area (Å²) < 4.78 is 5.48. The SMILES string of the molecule is c1ccc(C2C[C@H]3COC[C@@H]23)cc1. The Labute approximate surface area is 78.7 Å². The van der Waals surface area contributed by atoms with Crippen molar-refractivity contribution in [2.24, 2.45) is 11.8 Å². The summed E-state index contributed by atoms with van der Waals surface area (Å²) in [4.78, 5) is 0. The molecule has 1 aliphatic carbocycles. The summed E-state index contributed by atoms with van der Waals surface area (Å²) in [6.07, 6.45) is 1.34. The second kappa shape index (κ2) is 2.85. The Hall–Kier alpha value is -0.820. The fraction of sp³-hybridized carbons (Fsp3) is 0.500. The van der Waals surface area contributed by atoms with Gasteiger partial charge in [-0.2, -0.15) is 0 Å². The van der Waals surface area contributed by atoms with Crippen molar-refractivity contribution in [3.8, 4) is 0 Å². The van der Waals surface area contributed by atoms with Gasteiger partial charge in [0.1, 0.15) is 0 Å². The van der Waals surface area contributed by atoms with Crippen LogP contribution in [0.25, 0.3) is 0 Å². The Balaban J connectivity index is 1.81. The topological polar surface area (TPSA) is 9.23 Å². The molecule has 1 nitrogen and oxygen atoms in total. The molecule has 0 amide bonds. The molecule has 1 aromatic rings. The molecule has 3 rings (SSSR count). The molecule has 1 aliphatic heterocycles. The van der Waals surface area contributed by atoms with Crippen LogP contribution >= 0.6 is 0 Å². The van der Waals surface area contributed by atoms with E-state index < -0.39 is 0 Å². The van der Waals surface area contributed by atoms with Gasteiger partial charge in [0.15, 0.2) is 0 Å². The van der Waals surface area contributed by atoms with Crippen molar-refractivity contribution >= 4 is 0 Å². The Kier molecular flexibility index (Phi) is 1.66. The molecule has 1 saturated heterocycles. The van der Waals surface area contributed by atoms with E-state index in [0.717, 1.165) is 31.0 Å². The maximum absolute atomic E-state index is 5.48. The lowest BCUT2D eigenvalue weighted by molar-refractivity contribution is 0.184. The maximum atomic E-state index is 5.48. The number of fused-ring (bicyclic) bond motifs is 1. The van der Waals surface area contributed by atoms with Crippen molar-refractivity contribution in [2.75, 3.05) is 13.2 Å². The van der Waals surface area contributed by atoms with Crippen LogP contribution in [0.15, 0.2) is 30.3 Å². The highest BCUT2D eigenvalue weighted by atomic mass is 16.5. The first-order valence-electron chi connectivity index (χ1n) is 5.08. The summed E-state index contributed by atoms with van der Waals surface area (Å²) >= 11 is 0. The van der Waals surface area contributed by atoms with Gasteiger partial charge in [0.2, 0.25) is 0 Å². The highest BCUT2D eigenvalue weighted by Crippen LogP contribution is 2.50. The Morgan fingerprint density at radius 2 is 1.92 bits per heavy atom. The largest absolute Gasteiger partial charge is 0.381 e. The van der Waals surface area contributed by atoms with Crippen LogP contribution in [0, 0.1) is 11.8 Å². The molecule has 1 unspecified atom stereocenters. The average molecular weight is 174 g/mol. The van der Waals surface area contributed by atoms with E-state index in [0.29, 0.717) is 0 Å². The third-order valence-corrected chi connectivity index (χ3v) is 3.55. The molecule has 3 atom stereocenters. The van der Waals surface area contributed by atoms with Gasteiger partial charge in [-0.25, -0.2) is 0 Å². The van der Waals surface area contributed by atoms with E-state index in [1.807, 2.05) is 0 Å². The van der Waals surface area contributed by atoms with E-state index >= 15 is 0 Å². The molecule has 0 aromatic heterocycles. The van der Waals surface area contributed by atoms with Crippen LogP contribution in [-0.2, 0) is 4.74 Å². The average Bonchev–Trinajstić information content (AvgIpc) is 2.50. The summed E-state index contributed by atoms with van der Waals surface area (Å²) in [5.41, 5.74) is 1.51. The zero-order chi connectivity index (χ0) is 8.67. The first-order valence-corrected chi connectivity index (χ1v) is 5.08. The van der Waals surface area contributed by atoms with Crippen LogP contribution in [0.3, 0.4) is 0 Å². The van der Waals surface area contributed by atoms with Crippen LogP contribution in [0.2, 0.25) is 0 Å². The number of hydrogen-bond donors (Lipinski definition) is 0. The highest BCUT2D eigenvalue weighted by Gasteiger charge is 2.45. The van der Waals surface area contributed by atoms with Crippen LogP contribution in [0.5, 0.6) is 0 Å². The maximum Gasteiger partial charge on any atom is 0.0503 e. The van der Waals surface area contributed by atoms with Crippen LogP contribution in [-0.4, -0.2) is 13.2 Å². The molecular weight excluding hydrogens is 160 g/mol. The number of ether oxygens (including phenoxy) is 1. The van der Waals surface area contributed by atoms with Gasteiger partial charge in [0.25, 0.3) is 0 Å². The summed E-state index contributed by atoms with van der Waals surface area (Å²) in [5.74, 6) is 2.47. The smallest absolute Gasteiger partial charge is 0.0503 e. The Bertz CT molecular complexity index is 293. The van der Waals surface area contributed by atoms with Gasteiger partial charge in [0, 0.05) is 6.61 Å². The zero-order valence-corrected chi connectivity index (χ0v) is 7.65. The van der Waals surface area contributed by atoms with Crippen LogP contribution in [0.1, 0.15) is 17.9 Å². The molecule has 1 saturated carbocycles. The van der Waals surface area contributed by atoms with Crippen molar-refractivity contribution in [2.45, 2.75) is 12.3 Å². The highest BCUT2D eigenvalue weighted by molar-refractivity contribution is 5.24. The normalized spacial score (nSPS) is 36.8. The first-order chi connectivity index (χ1) is 6.45. The summed E-state index contributed by atoms with van der Waals surface area (Å²) in [6.45, 7) is 2.00. The van der Waals surface area contributed by atoms with Crippen molar-refractivity contribution in [3.05, 3.63) is 35.9 Å². The molecule has 0 radical (unpaired) electrons. The van der Waals surface area contributed by atoms with Gasteiger partial charge in [-0.15, -0.1) is 0 Å². The molecule has 2 fully saturated rings. The lowest BCUT2D eigenvalue weighted by Crippen LogP contribution is -2.33. The molecule has 0 spiro atoms. The molecular formula is C12H14O. The van der Waals surface area contributed by atoms with Crippen molar-refractivity contribution in [3.63, 3.8) is 0 Å². The minimum Gasteiger partial charge on any atom is -0.381 e. The van der Waals surface area contributed by atoms with Crippen molar-refractivity contribution < 1.29 is 4.74 Å². The lowest BCUT2D eigenvalue weighted by Gasteiger charge is -2.39. The molecule has 0 bridgehead atoms. The van der Waals surface area contributed by atoms with E-state index in [1.165, 1.54) is 12.0 Å². The molecule has 13 heavy (non-hydrogen) atoms. The van der Waals surface area contributed by atoms with E-state index in [9.17, 15) is 0 Å². The predicted octanol–water partition coefficient (Wildman–Crippen LogP) is 2.44. The van der Waals surface area contributed by atoms with Crippen LogP contribution < -0.4 is 0 Å². The van der Waals surface area contributed by atoms with Gasteiger partial charge >= 0.3 is 0 Å². The lowest BCUT2D eigenvalue weighted by atomic mass is 9.64. The van der Waals surface area contributed by atoms with E-state index in [1.54, 1.807) is 0 Å². The van der Waals surface area contributed by atoms with E-state index in [2.05, 4.69) is 30.3 Å². The van der Waals surface area contributed by atoms with Crippen LogP contribution in [0.4, 0.5) is 0 Å². The molecule has 1 aromatic carbocycles. The summed E-state index contributed by atoms with van der Waals surface area (Å²) in [6, 6.07) is 10.9. The number of hydrogen-bond acceptors (Lipinski definition) is 1. The standard InChI is InChI=1S/C12H14O/c1-2-4-9(5-3-1)11-6-10-7-13-8-12(10)11/h1-5,10-12H,6-8H2/t10-,11?,12+/m0/s1. The predicted molar refractivity (Wildman–Crippen MR) is 51.6 cm³/mol. The number of benzene rings is 1. The second-order valence-electron chi connectivity index (χ2n) is 4.21. The quantitative estimate of drug-likeness (QED) is 0.635. The molecule has 1 heterocycles. The third-order valence-electron chi connectivity index (χ3n) is 3.55. The Morgan fingerprint density at radius 3 is 2.69 bits per heavy atom. The molecule has 68 valence electrons. The van der Waals surface area contributed by atoms with E-state index in [4.69, 9.17) is 4.74 Å². The van der Waals surface area contributed by atoms with Gasteiger partial charge < -0.3 is 4.74 Å². The van der Waals surface area contributed by atoms with Crippen molar-refractivity contribution in [1.82, 2.24) is 0 Å². The van der Waals surface area contributed by atoms with Gasteiger partial charge in [-0.05, 0) is 29.7 Å². The second-order valence-corrected chi connectivity index (χ2v) is 4.21. The molecule has 2 aliphatic rings. The minimum atomic E-state index is 0.786. The van der Waals surface area contributed by atoms with Crippen molar-refractivity contribution in [1.29, 1.82) is 0 Å². The number of rotatable bonds is 1. The first kappa shape index (κ1) is 7.57. The summed E-state index contributed by atoms with van der Waals surface area (Å²) in [7, 11) is 0. The fourth-order valence-electron chi connectivity index (χ4n) is 2.69. The summed E-state index contributed by atoms with van der Waals surface area (Å²) in [5, 5.41) is 0. The minimum absolute atomic E-state index is 0.786. The zero-order valence-electron chi connectivity index (χ0n) is 7.65. The third kappa shape index (κ3) is 1.11. The van der Waals surface area contributed by atoms with Gasteiger partial charge in [0.05, 0.1) is 6.61 Å². The van der Waals surface area contributed by atoms with E-state index in [-0.39, 0.29) is 0 Å². The van der Waals surface area contributed by atoms with Gasteiger partial charge in [-0.1, -0.05) is 30.3 Å². The monoisotopic (exact) mass is 174 g/mol. The van der Waals surface area contributed by atoms with Gasteiger partial charge in [-0.3, -0.25) is 0 Å². The fourth-order valence-corrected chi connectivity index (χ4v) is 2.69. The Morgan fingerprint density at radius 1 is 1.08 bits per heavy atom. The molecule has 0 N–H and O–H groups in total. The molecule has 1 heteroatoms.